The molecule has 0 aliphatic carbocycles. The maximum atomic E-state index is 11.8. The van der Waals surface area contributed by atoms with E-state index in [9.17, 15) is 4.79 Å². The molecular formula is C21H23ClN2O2. The van der Waals surface area contributed by atoms with Crippen LogP contribution in [0.4, 0.5) is 5.69 Å². The molecule has 4 nitrogen and oxygen atoms in total. The Labute approximate surface area is 159 Å². The summed E-state index contributed by atoms with van der Waals surface area (Å²) in [4.78, 5) is 16.4. The fourth-order valence-electron chi connectivity index (χ4n) is 2.93. The summed E-state index contributed by atoms with van der Waals surface area (Å²) >= 11 is 5.94. The lowest BCUT2D eigenvalue weighted by molar-refractivity contribution is -0.138. The third kappa shape index (κ3) is 5.61. The lowest BCUT2D eigenvalue weighted by Gasteiger charge is -2.35. The molecule has 136 valence electrons. The van der Waals surface area contributed by atoms with Gasteiger partial charge in [0.15, 0.2) is 0 Å². The molecule has 1 aliphatic heterocycles. The highest BCUT2D eigenvalue weighted by Crippen LogP contribution is 2.19. The number of hydrogen-bond acceptors (Lipinski definition) is 4. The number of anilines is 1. The van der Waals surface area contributed by atoms with Crippen LogP contribution in [-0.2, 0) is 9.53 Å². The zero-order chi connectivity index (χ0) is 18.2. The van der Waals surface area contributed by atoms with E-state index in [0.717, 1.165) is 43.3 Å². The van der Waals surface area contributed by atoms with Crippen molar-refractivity contribution in [2.75, 3.05) is 44.2 Å². The molecule has 0 bridgehead atoms. The highest BCUT2D eigenvalue weighted by molar-refractivity contribution is 6.30. The van der Waals surface area contributed by atoms with Gasteiger partial charge in [0.2, 0.25) is 0 Å². The molecular weight excluding hydrogens is 348 g/mol. The number of rotatable bonds is 6. The second kappa shape index (κ2) is 9.41. The Balaban J connectivity index is 1.35. The number of carbonyl (C=O) groups excluding carboxylic acids is 1. The largest absolute Gasteiger partial charge is 0.461 e. The number of piperazine rings is 1. The quantitative estimate of drug-likeness (QED) is 0.573. The first-order valence-electron chi connectivity index (χ1n) is 8.83. The maximum absolute atomic E-state index is 11.8. The zero-order valence-electron chi connectivity index (χ0n) is 14.7. The number of ether oxygens (including phenoxy) is 1. The summed E-state index contributed by atoms with van der Waals surface area (Å²) in [5.74, 6) is -0.298. The topological polar surface area (TPSA) is 32.8 Å². The minimum atomic E-state index is -0.298. The molecule has 0 amide bonds. The number of esters is 1. The van der Waals surface area contributed by atoms with Crippen molar-refractivity contribution in [3.05, 3.63) is 71.3 Å². The van der Waals surface area contributed by atoms with Gasteiger partial charge in [-0.2, -0.15) is 0 Å². The minimum Gasteiger partial charge on any atom is -0.461 e. The standard InChI is InChI=1S/C21H23ClN2O2/c22-19-7-9-20(10-8-19)24-14-12-23(13-15-24)16-17-26-21(25)11-6-18-4-2-1-3-5-18/h1-11H,12-17H2. The average molecular weight is 371 g/mol. The van der Waals surface area contributed by atoms with Crippen molar-refractivity contribution in [2.24, 2.45) is 0 Å². The predicted octanol–water partition coefficient (Wildman–Crippen LogP) is 3.72. The van der Waals surface area contributed by atoms with Crippen molar-refractivity contribution in [1.82, 2.24) is 4.90 Å². The van der Waals surface area contributed by atoms with Crippen molar-refractivity contribution >= 4 is 29.3 Å². The molecule has 0 unspecified atom stereocenters. The fourth-order valence-corrected chi connectivity index (χ4v) is 3.06. The van der Waals surface area contributed by atoms with Crippen LogP contribution in [0.15, 0.2) is 60.7 Å². The van der Waals surface area contributed by atoms with Crippen LogP contribution in [-0.4, -0.2) is 50.2 Å². The monoisotopic (exact) mass is 370 g/mol. The third-order valence-electron chi connectivity index (χ3n) is 4.43. The molecule has 0 spiro atoms. The fraction of sp³-hybridized carbons (Fsp3) is 0.286. The molecule has 1 fully saturated rings. The molecule has 0 aromatic heterocycles. The van der Waals surface area contributed by atoms with Gasteiger partial charge in [-0.25, -0.2) is 4.79 Å². The van der Waals surface area contributed by atoms with Crippen molar-refractivity contribution < 1.29 is 9.53 Å². The molecule has 1 aliphatic rings. The van der Waals surface area contributed by atoms with Crippen LogP contribution in [0.25, 0.3) is 6.08 Å². The Morgan fingerprint density at radius 2 is 1.69 bits per heavy atom. The Kier molecular flexibility index (Phi) is 6.69. The van der Waals surface area contributed by atoms with Crippen LogP contribution in [0.2, 0.25) is 5.02 Å². The Bertz CT molecular complexity index is 723. The van der Waals surface area contributed by atoms with Crippen LogP contribution in [0.5, 0.6) is 0 Å². The van der Waals surface area contributed by atoms with Crippen LogP contribution in [0, 0.1) is 0 Å². The van der Waals surface area contributed by atoms with E-state index in [1.807, 2.05) is 42.5 Å². The van der Waals surface area contributed by atoms with Gasteiger partial charge in [0.25, 0.3) is 0 Å². The number of hydrogen-bond donors (Lipinski definition) is 0. The lowest BCUT2D eigenvalue weighted by atomic mass is 10.2. The summed E-state index contributed by atoms with van der Waals surface area (Å²) in [7, 11) is 0. The molecule has 1 heterocycles. The number of benzene rings is 2. The van der Waals surface area contributed by atoms with Crippen molar-refractivity contribution in [3.63, 3.8) is 0 Å². The van der Waals surface area contributed by atoms with Crippen LogP contribution >= 0.6 is 11.6 Å². The molecule has 5 heteroatoms. The summed E-state index contributed by atoms with van der Waals surface area (Å²) in [6.07, 6.45) is 3.25. The van der Waals surface area contributed by atoms with Crippen molar-refractivity contribution in [3.8, 4) is 0 Å². The second-order valence-electron chi connectivity index (χ2n) is 6.22. The van der Waals surface area contributed by atoms with Gasteiger partial charge in [-0.1, -0.05) is 41.9 Å². The molecule has 1 saturated heterocycles. The van der Waals surface area contributed by atoms with Crippen LogP contribution in [0.1, 0.15) is 5.56 Å². The van der Waals surface area contributed by atoms with Crippen molar-refractivity contribution in [2.45, 2.75) is 0 Å². The van der Waals surface area contributed by atoms with E-state index >= 15 is 0 Å². The SMILES string of the molecule is O=C(C=Cc1ccccc1)OCCN1CCN(c2ccc(Cl)cc2)CC1. The van der Waals surface area contributed by atoms with Gasteiger partial charge in [0.1, 0.15) is 6.61 Å². The third-order valence-corrected chi connectivity index (χ3v) is 4.68. The first-order valence-corrected chi connectivity index (χ1v) is 9.21. The van der Waals surface area contributed by atoms with Crippen molar-refractivity contribution in [1.29, 1.82) is 0 Å². The number of nitrogens with zero attached hydrogens (tertiary/aromatic N) is 2. The van der Waals surface area contributed by atoms with E-state index in [-0.39, 0.29) is 5.97 Å². The Morgan fingerprint density at radius 1 is 1.00 bits per heavy atom. The second-order valence-corrected chi connectivity index (χ2v) is 6.65. The smallest absolute Gasteiger partial charge is 0.330 e. The molecule has 0 saturated carbocycles. The van der Waals surface area contributed by atoms with E-state index < -0.39 is 0 Å². The van der Waals surface area contributed by atoms with E-state index in [2.05, 4.69) is 21.9 Å². The van der Waals surface area contributed by atoms with E-state index in [1.54, 1.807) is 6.08 Å². The Morgan fingerprint density at radius 3 is 2.38 bits per heavy atom. The summed E-state index contributed by atoms with van der Waals surface area (Å²) in [5, 5.41) is 0.760. The summed E-state index contributed by atoms with van der Waals surface area (Å²) < 4.78 is 5.30. The number of carbonyl (C=O) groups is 1. The summed E-state index contributed by atoms with van der Waals surface area (Å²) in [6, 6.07) is 17.7. The maximum Gasteiger partial charge on any atom is 0.330 e. The van der Waals surface area contributed by atoms with E-state index in [1.165, 1.54) is 11.8 Å². The highest BCUT2D eigenvalue weighted by atomic mass is 35.5. The number of halogens is 1. The lowest BCUT2D eigenvalue weighted by Crippen LogP contribution is -2.47. The van der Waals surface area contributed by atoms with Gasteiger partial charge in [-0.15, -0.1) is 0 Å². The molecule has 26 heavy (non-hydrogen) atoms. The van der Waals surface area contributed by atoms with Crippen LogP contribution < -0.4 is 4.90 Å². The molecule has 0 radical (unpaired) electrons. The summed E-state index contributed by atoms with van der Waals surface area (Å²) in [6.45, 7) is 5.02. The van der Waals surface area contributed by atoms with E-state index in [0.29, 0.717) is 6.61 Å². The minimum absolute atomic E-state index is 0.298. The highest BCUT2D eigenvalue weighted by Gasteiger charge is 2.17. The molecule has 0 atom stereocenters. The molecule has 2 aromatic rings. The average Bonchev–Trinajstić information content (AvgIpc) is 2.68. The Hall–Kier alpha value is -2.30. The molecule has 0 N–H and O–H groups in total. The van der Waals surface area contributed by atoms with Gasteiger partial charge in [0, 0.05) is 49.5 Å². The van der Waals surface area contributed by atoms with E-state index in [4.69, 9.17) is 16.3 Å². The first kappa shape index (κ1) is 18.5. The van der Waals surface area contributed by atoms with Gasteiger partial charge >= 0.3 is 5.97 Å². The molecule has 2 aromatic carbocycles. The predicted molar refractivity (Wildman–Crippen MR) is 107 cm³/mol. The summed E-state index contributed by atoms with van der Waals surface area (Å²) in [5.41, 5.74) is 2.19. The van der Waals surface area contributed by atoms with Gasteiger partial charge < -0.3 is 9.64 Å². The first-order chi connectivity index (χ1) is 12.7. The van der Waals surface area contributed by atoms with Crippen LogP contribution in [0.3, 0.4) is 0 Å². The van der Waals surface area contributed by atoms with Gasteiger partial charge in [-0.05, 0) is 35.9 Å². The molecule has 3 rings (SSSR count). The zero-order valence-corrected chi connectivity index (χ0v) is 15.4. The van der Waals surface area contributed by atoms with Gasteiger partial charge in [0.05, 0.1) is 0 Å². The van der Waals surface area contributed by atoms with Gasteiger partial charge in [-0.3, -0.25) is 4.90 Å². The normalized spacial score (nSPS) is 15.3.